The molecule has 2 rings (SSSR count). The molecular formula is C14H11ClN4O. The molecular weight excluding hydrogens is 276 g/mol. The SMILES string of the molecule is N#Cc1ccc(Nc2c(N)cccc2C(N)=O)c(Cl)c1. The van der Waals surface area contributed by atoms with Crippen LogP contribution in [0.1, 0.15) is 15.9 Å². The summed E-state index contributed by atoms with van der Waals surface area (Å²) >= 11 is 6.07. The highest BCUT2D eigenvalue weighted by Gasteiger charge is 2.12. The number of carbonyl (C=O) groups is 1. The van der Waals surface area contributed by atoms with E-state index in [0.717, 1.165) is 0 Å². The highest BCUT2D eigenvalue weighted by molar-refractivity contribution is 6.33. The zero-order valence-electron chi connectivity index (χ0n) is 10.4. The van der Waals surface area contributed by atoms with Crippen LogP contribution in [0.2, 0.25) is 5.02 Å². The second-order valence-electron chi connectivity index (χ2n) is 4.07. The lowest BCUT2D eigenvalue weighted by atomic mass is 10.1. The molecule has 0 aliphatic carbocycles. The minimum Gasteiger partial charge on any atom is -0.397 e. The number of carbonyl (C=O) groups excluding carboxylic acids is 1. The van der Waals surface area contributed by atoms with Gasteiger partial charge in [0.15, 0.2) is 0 Å². The molecule has 2 aromatic carbocycles. The first-order chi connectivity index (χ1) is 9.52. The number of hydrogen-bond acceptors (Lipinski definition) is 4. The first-order valence-corrected chi connectivity index (χ1v) is 6.05. The molecule has 1 amide bonds. The highest BCUT2D eigenvalue weighted by Crippen LogP contribution is 2.31. The molecule has 0 spiro atoms. The van der Waals surface area contributed by atoms with Crippen LogP contribution in [0.5, 0.6) is 0 Å². The number of rotatable bonds is 3. The Morgan fingerprint density at radius 2 is 2.05 bits per heavy atom. The molecule has 6 heteroatoms. The Bertz CT molecular complexity index is 722. The smallest absolute Gasteiger partial charge is 0.250 e. The maximum atomic E-state index is 11.4. The number of halogens is 1. The van der Waals surface area contributed by atoms with Gasteiger partial charge in [0.25, 0.3) is 5.91 Å². The van der Waals surface area contributed by atoms with Gasteiger partial charge in [-0.25, -0.2) is 0 Å². The number of hydrogen-bond donors (Lipinski definition) is 3. The number of primary amides is 1. The van der Waals surface area contributed by atoms with Crippen molar-refractivity contribution in [3.05, 3.63) is 52.5 Å². The number of para-hydroxylation sites is 1. The van der Waals surface area contributed by atoms with E-state index >= 15 is 0 Å². The Kier molecular flexibility index (Phi) is 3.78. The van der Waals surface area contributed by atoms with Crippen LogP contribution in [0.4, 0.5) is 17.1 Å². The van der Waals surface area contributed by atoms with Crippen LogP contribution in [0, 0.1) is 11.3 Å². The molecule has 5 nitrogen and oxygen atoms in total. The van der Waals surface area contributed by atoms with E-state index in [0.29, 0.717) is 27.6 Å². The van der Waals surface area contributed by atoms with Crippen LogP contribution in [-0.2, 0) is 0 Å². The molecule has 0 aliphatic rings. The maximum absolute atomic E-state index is 11.4. The van der Waals surface area contributed by atoms with E-state index in [9.17, 15) is 4.79 Å². The minimum absolute atomic E-state index is 0.269. The van der Waals surface area contributed by atoms with Crippen molar-refractivity contribution < 1.29 is 4.79 Å². The molecule has 0 unspecified atom stereocenters. The van der Waals surface area contributed by atoms with Gasteiger partial charge < -0.3 is 16.8 Å². The second-order valence-corrected chi connectivity index (χ2v) is 4.47. The van der Waals surface area contributed by atoms with Crippen molar-refractivity contribution in [2.45, 2.75) is 0 Å². The number of nitrogen functional groups attached to an aromatic ring is 1. The molecule has 5 N–H and O–H groups in total. The van der Waals surface area contributed by atoms with Gasteiger partial charge in [0.1, 0.15) is 0 Å². The van der Waals surface area contributed by atoms with Gasteiger partial charge in [0.2, 0.25) is 0 Å². The van der Waals surface area contributed by atoms with Crippen LogP contribution < -0.4 is 16.8 Å². The lowest BCUT2D eigenvalue weighted by Gasteiger charge is -2.14. The predicted molar refractivity (Wildman–Crippen MR) is 78.8 cm³/mol. The van der Waals surface area contributed by atoms with E-state index in [2.05, 4.69) is 5.32 Å². The Balaban J connectivity index is 2.45. The number of nitriles is 1. The third-order valence-corrected chi connectivity index (χ3v) is 3.03. The number of nitrogens with one attached hydrogen (secondary N) is 1. The Hall–Kier alpha value is -2.71. The van der Waals surface area contributed by atoms with E-state index < -0.39 is 5.91 Å². The van der Waals surface area contributed by atoms with Crippen molar-refractivity contribution in [3.63, 3.8) is 0 Å². The lowest BCUT2D eigenvalue weighted by molar-refractivity contribution is 0.100. The number of benzene rings is 2. The molecule has 2 aromatic rings. The first kappa shape index (κ1) is 13.7. The third kappa shape index (κ3) is 2.66. The summed E-state index contributed by atoms with van der Waals surface area (Å²) in [5.74, 6) is -0.593. The van der Waals surface area contributed by atoms with Gasteiger partial charge in [-0.2, -0.15) is 5.26 Å². The number of nitrogens with two attached hydrogens (primary N) is 2. The lowest BCUT2D eigenvalue weighted by Crippen LogP contribution is -2.14. The normalized spacial score (nSPS) is 9.80. The Morgan fingerprint density at radius 1 is 1.30 bits per heavy atom. The molecule has 0 bridgehead atoms. The highest BCUT2D eigenvalue weighted by atomic mass is 35.5. The van der Waals surface area contributed by atoms with Crippen molar-refractivity contribution in [1.29, 1.82) is 5.26 Å². The first-order valence-electron chi connectivity index (χ1n) is 5.68. The fourth-order valence-corrected chi connectivity index (χ4v) is 1.96. The molecule has 0 atom stereocenters. The van der Waals surface area contributed by atoms with Crippen molar-refractivity contribution in [2.24, 2.45) is 5.73 Å². The van der Waals surface area contributed by atoms with E-state index in [1.807, 2.05) is 6.07 Å². The van der Waals surface area contributed by atoms with Crippen LogP contribution in [0.25, 0.3) is 0 Å². The standard InChI is InChI=1S/C14H11ClN4O/c15-10-6-8(7-16)4-5-12(10)19-13-9(14(18)20)2-1-3-11(13)17/h1-6,19H,17H2,(H2,18,20). The summed E-state index contributed by atoms with van der Waals surface area (Å²) in [5.41, 5.74) is 13.2. The molecule has 0 aliphatic heterocycles. The third-order valence-electron chi connectivity index (χ3n) is 2.72. The number of amides is 1. The Labute approximate surface area is 120 Å². The predicted octanol–water partition coefficient (Wildman–Crippen LogP) is 2.64. The van der Waals surface area contributed by atoms with Crippen LogP contribution >= 0.6 is 11.6 Å². The summed E-state index contributed by atoms with van der Waals surface area (Å²) in [7, 11) is 0. The second kappa shape index (κ2) is 5.51. The van der Waals surface area contributed by atoms with Crippen molar-refractivity contribution in [1.82, 2.24) is 0 Å². The monoisotopic (exact) mass is 286 g/mol. The zero-order chi connectivity index (χ0) is 14.7. The number of anilines is 3. The van der Waals surface area contributed by atoms with E-state index in [1.54, 1.807) is 30.3 Å². The summed E-state index contributed by atoms with van der Waals surface area (Å²) in [6, 6.07) is 11.6. The van der Waals surface area contributed by atoms with Gasteiger partial charge in [-0.1, -0.05) is 17.7 Å². The molecule has 0 saturated carbocycles. The van der Waals surface area contributed by atoms with Crippen LogP contribution in [0.3, 0.4) is 0 Å². The van der Waals surface area contributed by atoms with Gasteiger partial charge in [-0.05, 0) is 30.3 Å². The molecule has 0 radical (unpaired) electrons. The molecule has 100 valence electrons. The summed E-state index contributed by atoms with van der Waals surface area (Å²) < 4.78 is 0. The minimum atomic E-state index is -0.593. The van der Waals surface area contributed by atoms with E-state index in [4.69, 9.17) is 28.3 Å². The van der Waals surface area contributed by atoms with Gasteiger partial charge >= 0.3 is 0 Å². The summed E-state index contributed by atoms with van der Waals surface area (Å²) in [6.45, 7) is 0. The Morgan fingerprint density at radius 3 is 2.65 bits per heavy atom. The van der Waals surface area contributed by atoms with E-state index in [-0.39, 0.29) is 5.56 Å². The largest absolute Gasteiger partial charge is 0.397 e. The van der Waals surface area contributed by atoms with Gasteiger partial charge in [0.05, 0.1) is 39.3 Å². The van der Waals surface area contributed by atoms with E-state index in [1.165, 1.54) is 6.07 Å². The van der Waals surface area contributed by atoms with Crippen molar-refractivity contribution in [3.8, 4) is 6.07 Å². The quantitative estimate of drug-likeness (QED) is 0.754. The van der Waals surface area contributed by atoms with Gasteiger partial charge in [-0.15, -0.1) is 0 Å². The summed E-state index contributed by atoms with van der Waals surface area (Å²) in [4.78, 5) is 11.4. The molecule has 20 heavy (non-hydrogen) atoms. The zero-order valence-corrected chi connectivity index (χ0v) is 11.1. The molecule has 0 saturated heterocycles. The summed E-state index contributed by atoms with van der Waals surface area (Å²) in [5, 5.41) is 12.1. The molecule has 0 fully saturated rings. The average Bonchev–Trinajstić information content (AvgIpc) is 2.42. The average molecular weight is 287 g/mol. The molecule has 0 aromatic heterocycles. The van der Waals surface area contributed by atoms with Crippen molar-refractivity contribution in [2.75, 3.05) is 11.1 Å². The fourth-order valence-electron chi connectivity index (χ4n) is 1.74. The maximum Gasteiger partial charge on any atom is 0.250 e. The topological polar surface area (TPSA) is 105 Å². The van der Waals surface area contributed by atoms with Crippen LogP contribution in [-0.4, -0.2) is 5.91 Å². The molecule has 0 heterocycles. The van der Waals surface area contributed by atoms with Crippen LogP contribution in [0.15, 0.2) is 36.4 Å². The van der Waals surface area contributed by atoms with Gasteiger partial charge in [-0.3, -0.25) is 4.79 Å². The van der Waals surface area contributed by atoms with Gasteiger partial charge in [0, 0.05) is 0 Å². The fraction of sp³-hybridized carbons (Fsp3) is 0. The van der Waals surface area contributed by atoms with Crippen molar-refractivity contribution >= 4 is 34.6 Å². The number of nitrogens with zero attached hydrogens (tertiary/aromatic N) is 1. The summed E-state index contributed by atoms with van der Waals surface area (Å²) in [6.07, 6.45) is 0.